The third kappa shape index (κ3) is 3.35. The highest BCUT2D eigenvalue weighted by Crippen LogP contribution is 2.47. The molecule has 146 valence electrons. The first-order valence-corrected chi connectivity index (χ1v) is 10.3. The van der Waals surface area contributed by atoms with Crippen LogP contribution in [0.15, 0.2) is 42.5 Å². The van der Waals surface area contributed by atoms with Crippen LogP contribution in [0.5, 0.6) is 0 Å². The Kier molecular flexibility index (Phi) is 4.79. The van der Waals surface area contributed by atoms with Gasteiger partial charge >= 0.3 is 5.97 Å². The number of thioether (sulfide) groups is 1. The number of nitrogens with zero attached hydrogens (tertiary/aromatic N) is 1. The zero-order chi connectivity index (χ0) is 19.9. The van der Waals surface area contributed by atoms with E-state index in [4.69, 9.17) is 4.74 Å². The van der Waals surface area contributed by atoms with Crippen molar-refractivity contribution in [1.82, 2.24) is 4.90 Å². The van der Waals surface area contributed by atoms with Crippen molar-refractivity contribution in [2.75, 3.05) is 11.1 Å². The maximum absolute atomic E-state index is 12.6. The largest absolute Gasteiger partial charge is 0.451 e. The van der Waals surface area contributed by atoms with Crippen LogP contribution in [-0.2, 0) is 19.1 Å². The standard InChI is InChI=1S/C21H22N2O4S/c1-13(19(25)22-16-8-7-14-5-3-4-6-15(14)11-16)27-20(26)17-12-28-21(2)10-9-18(24)23(17)21/h3-8,11,13,17H,9-10,12H2,1-2H3,(H,22,25)/t13-,17-,21-/m0/s1. The summed E-state index contributed by atoms with van der Waals surface area (Å²) < 4.78 is 5.40. The fourth-order valence-electron chi connectivity index (χ4n) is 3.81. The van der Waals surface area contributed by atoms with Crippen LogP contribution in [0.1, 0.15) is 26.7 Å². The van der Waals surface area contributed by atoms with Crippen LogP contribution in [0.2, 0.25) is 0 Å². The molecule has 2 aliphatic heterocycles. The lowest BCUT2D eigenvalue weighted by atomic mass is 10.1. The Morgan fingerprint density at radius 3 is 2.79 bits per heavy atom. The summed E-state index contributed by atoms with van der Waals surface area (Å²) in [5, 5.41) is 4.88. The summed E-state index contributed by atoms with van der Waals surface area (Å²) in [4.78, 5) is 38.6. The van der Waals surface area contributed by atoms with E-state index in [1.54, 1.807) is 23.6 Å². The van der Waals surface area contributed by atoms with Crippen molar-refractivity contribution in [3.05, 3.63) is 42.5 Å². The highest BCUT2D eigenvalue weighted by Gasteiger charge is 2.53. The Morgan fingerprint density at radius 2 is 2.00 bits per heavy atom. The number of rotatable bonds is 4. The molecule has 28 heavy (non-hydrogen) atoms. The fourth-order valence-corrected chi connectivity index (χ4v) is 5.23. The van der Waals surface area contributed by atoms with Crippen molar-refractivity contribution in [3.8, 4) is 0 Å². The molecule has 2 aliphatic rings. The number of hydrogen-bond donors (Lipinski definition) is 1. The molecule has 0 aromatic heterocycles. The third-order valence-electron chi connectivity index (χ3n) is 5.40. The van der Waals surface area contributed by atoms with E-state index in [1.807, 2.05) is 49.4 Å². The van der Waals surface area contributed by atoms with E-state index >= 15 is 0 Å². The molecule has 0 aliphatic carbocycles. The number of carbonyl (C=O) groups excluding carboxylic acids is 3. The number of hydrogen-bond acceptors (Lipinski definition) is 5. The number of fused-ring (bicyclic) bond motifs is 2. The summed E-state index contributed by atoms with van der Waals surface area (Å²) in [5.74, 6) is -0.444. The molecule has 3 atom stereocenters. The van der Waals surface area contributed by atoms with Gasteiger partial charge in [-0.25, -0.2) is 4.79 Å². The average Bonchev–Trinajstić information content (AvgIpc) is 3.17. The molecule has 2 aromatic carbocycles. The summed E-state index contributed by atoms with van der Waals surface area (Å²) in [7, 11) is 0. The Morgan fingerprint density at radius 1 is 1.25 bits per heavy atom. The minimum absolute atomic E-state index is 0.0253. The average molecular weight is 398 g/mol. The highest BCUT2D eigenvalue weighted by molar-refractivity contribution is 8.01. The van der Waals surface area contributed by atoms with Gasteiger partial charge < -0.3 is 15.0 Å². The zero-order valence-electron chi connectivity index (χ0n) is 15.8. The van der Waals surface area contributed by atoms with Crippen molar-refractivity contribution < 1.29 is 19.1 Å². The minimum atomic E-state index is -0.950. The maximum atomic E-state index is 12.6. The number of anilines is 1. The van der Waals surface area contributed by atoms with Gasteiger partial charge in [0.05, 0.1) is 4.87 Å². The van der Waals surface area contributed by atoms with E-state index in [9.17, 15) is 14.4 Å². The predicted octanol–water partition coefficient (Wildman–Crippen LogP) is 3.16. The summed E-state index contributed by atoms with van der Waals surface area (Å²) in [6, 6.07) is 12.9. The van der Waals surface area contributed by atoms with E-state index in [-0.39, 0.29) is 10.8 Å². The van der Waals surface area contributed by atoms with Crippen molar-refractivity contribution in [1.29, 1.82) is 0 Å². The first kappa shape index (κ1) is 18.8. The van der Waals surface area contributed by atoms with E-state index in [0.717, 1.165) is 17.2 Å². The number of nitrogens with one attached hydrogen (secondary N) is 1. The van der Waals surface area contributed by atoms with E-state index in [1.165, 1.54) is 0 Å². The molecule has 0 bridgehead atoms. The third-order valence-corrected chi connectivity index (χ3v) is 6.90. The van der Waals surface area contributed by atoms with Gasteiger partial charge in [0.2, 0.25) is 5.91 Å². The molecule has 7 heteroatoms. The molecule has 2 heterocycles. The van der Waals surface area contributed by atoms with Crippen molar-refractivity contribution in [3.63, 3.8) is 0 Å². The molecule has 6 nitrogen and oxygen atoms in total. The van der Waals surface area contributed by atoms with Gasteiger partial charge in [0.25, 0.3) is 5.91 Å². The summed E-state index contributed by atoms with van der Waals surface area (Å²) >= 11 is 1.60. The summed E-state index contributed by atoms with van der Waals surface area (Å²) in [5.41, 5.74) is 0.644. The Balaban J connectivity index is 1.40. The first-order valence-electron chi connectivity index (χ1n) is 9.34. The monoisotopic (exact) mass is 398 g/mol. The maximum Gasteiger partial charge on any atom is 0.330 e. The zero-order valence-corrected chi connectivity index (χ0v) is 16.6. The highest BCUT2D eigenvalue weighted by atomic mass is 32.2. The van der Waals surface area contributed by atoms with E-state index < -0.39 is 24.0 Å². The molecule has 0 radical (unpaired) electrons. The van der Waals surface area contributed by atoms with Gasteiger partial charge in [-0.1, -0.05) is 30.3 Å². The van der Waals surface area contributed by atoms with Gasteiger partial charge in [-0.3, -0.25) is 9.59 Å². The second-order valence-corrected chi connectivity index (χ2v) is 8.90. The van der Waals surface area contributed by atoms with Crippen molar-refractivity contribution >= 4 is 46.0 Å². The Bertz CT molecular complexity index is 962. The molecule has 2 aromatic rings. The van der Waals surface area contributed by atoms with Crippen LogP contribution in [0.25, 0.3) is 10.8 Å². The van der Waals surface area contributed by atoms with E-state index in [2.05, 4.69) is 5.32 Å². The van der Waals surface area contributed by atoms with Gasteiger partial charge in [0.15, 0.2) is 6.10 Å². The van der Waals surface area contributed by atoms with Gasteiger partial charge in [-0.2, -0.15) is 0 Å². The smallest absolute Gasteiger partial charge is 0.330 e. The van der Waals surface area contributed by atoms with Gasteiger partial charge in [-0.05, 0) is 43.2 Å². The topological polar surface area (TPSA) is 75.7 Å². The molecule has 0 saturated carbocycles. The lowest BCUT2D eigenvalue weighted by molar-refractivity contribution is -0.160. The molecule has 2 saturated heterocycles. The van der Waals surface area contributed by atoms with Crippen molar-refractivity contribution in [2.45, 2.75) is 43.7 Å². The van der Waals surface area contributed by atoms with Crippen molar-refractivity contribution in [2.24, 2.45) is 0 Å². The van der Waals surface area contributed by atoms with Crippen LogP contribution in [0, 0.1) is 0 Å². The lowest BCUT2D eigenvalue weighted by Gasteiger charge is -2.29. The second-order valence-electron chi connectivity index (χ2n) is 7.40. The fraction of sp³-hybridized carbons (Fsp3) is 0.381. The molecular formula is C21H22N2O4S. The molecule has 2 fully saturated rings. The van der Waals surface area contributed by atoms with Gasteiger partial charge in [-0.15, -0.1) is 11.8 Å². The number of benzene rings is 2. The predicted molar refractivity (Wildman–Crippen MR) is 109 cm³/mol. The molecule has 0 unspecified atom stereocenters. The van der Waals surface area contributed by atoms with Gasteiger partial charge in [0, 0.05) is 17.9 Å². The SMILES string of the molecule is C[C@H](OC(=O)[C@@H]1CS[C@@]2(C)CCC(=O)N12)C(=O)Nc1ccc2ccccc2c1. The normalized spacial score (nSPS) is 24.9. The molecule has 2 amide bonds. The summed E-state index contributed by atoms with van der Waals surface area (Å²) in [6.45, 7) is 3.52. The van der Waals surface area contributed by atoms with Crippen LogP contribution in [0.3, 0.4) is 0 Å². The lowest BCUT2D eigenvalue weighted by Crippen LogP contribution is -2.48. The van der Waals surface area contributed by atoms with Crippen LogP contribution in [0.4, 0.5) is 5.69 Å². The van der Waals surface area contributed by atoms with Crippen LogP contribution < -0.4 is 5.32 Å². The number of esters is 1. The summed E-state index contributed by atoms with van der Waals surface area (Å²) in [6.07, 6.45) is 0.234. The quantitative estimate of drug-likeness (QED) is 0.801. The van der Waals surface area contributed by atoms with Crippen LogP contribution in [-0.4, -0.2) is 45.5 Å². The van der Waals surface area contributed by atoms with Crippen LogP contribution >= 0.6 is 11.8 Å². The second kappa shape index (κ2) is 7.13. The number of ether oxygens (including phenoxy) is 1. The number of amides is 2. The molecular weight excluding hydrogens is 376 g/mol. The molecule has 4 rings (SSSR count). The first-order chi connectivity index (χ1) is 13.4. The van der Waals surface area contributed by atoms with E-state index in [0.29, 0.717) is 17.9 Å². The molecule has 1 N–H and O–H groups in total. The Labute approximate surface area is 167 Å². The molecule has 0 spiro atoms. The minimum Gasteiger partial charge on any atom is -0.451 e. The van der Waals surface area contributed by atoms with Gasteiger partial charge in [0.1, 0.15) is 6.04 Å². The number of carbonyl (C=O) groups is 3. The Hall–Kier alpha value is -2.54.